The number of carboxylic acids is 1. The Kier molecular flexibility index (Phi) is 4.88. The molecular formula is C12H13F4NO2. The number of hydrogen-bond acceptors (Lipinski definition) is 2. The summed E-state index contributed by atoms with van der Waals surface area (Å²) in [4.78, 5) is 10.6. The van der Waals surface area contributed by atoms with Crippen LogP contribution in [0.4, 0.5) is 17.6 Å². The first-order valence-corrected chi connectivity index (χ1v) is 5.60. The quantitative estimate of drug-likeness (QED) is 0.643. The lowest BCUT2D eigenvalue weighted by atomic mass is 9.89. The average Bonchev–Trinajstić information content (AvgIpc) is 2.35. The van der Waals surface area contributed by atoms with Crippen molar-refractivity contribution in [1.82, 2.24) is 0 Å². The zero-order chi connectivity index (χ0) is 14.7. The molecule has 0 heterocycles. The Bertz CT molecular complexity index is 467. The Morgan fingerprint density at radius 2 is 1.74 bits per heavy atom. The van der Waals surface area contributed by atoms with Crippen molar-refractivity contribution in [2.75, 3.05) is 0 Å². The van der Waals surface area contributed by atoms with Gasteiger partial charge in [-0.2, -0.15) is 0 Å². The van der Waals surface area contributed by atoms with E-state index in [4.69, 9.17) is 10.8 Å². The summed E-state index contributed by atoms with van der Waals surface area (Å²) < 4.78 is 53.3. The van der Waals surface area contributed by atoms with Crippen molar-refractivity contribution >= 4 is 5.97 Å². The van der Waals surface area contributed by atoms with Crippen molar-refractivity contribution in [2.45, 2.75) is 31.7 Å². The van der Waals surface area contributed by atoms with Gasteiger partial charge in [-0.15, -0.1) is 0 Å². The SMILES string of the molecule is CCC(CC(N)C(=O)O)c1c(F)c(F)cc(F)c1F. The van der Waals surface area contributed by atoms with Crippen LogP contribution in [0, 0.1) is 23.3 Å². The van der Waals surface area contributed by atoms with Gasteiger partial charge >= 0.3 is 5.97 Å². The predicted molar refractivity (Wildman–Crippen MR) is 59.5 cm³/mol. The zero-order valence-electron chi connectivity index (χ0n) is 10.1. The molecule has 0 aliphatic heterocycles. The van der Waals surface area contributed by atoms with Crippen LogP contribution < -0.4 is 5.73 Å². The monoisotopic (exact) mass is 279 g/mol. The van der Waals surface area contributed by atoms with E-state index in [-0.39, 0.29) is 18.9 Å². The first-order chi connectivity index (χ1) is 8.79. The molecule has 3 nitrogen and oxygen atoms in total. The van der Waals surface area contributed by atoms with Crippen LogP contribution in [0.15, 0.2) is 6.07 Å². The topological polar surface area (TPSA) is 63.3 Å². The van der Waals surface area contributed by atoms with Crippen LogP contribution in [0.1, 0.15) is 31.2 Å². The minimum absolute atomic E-state index is 0.0950. The molecule has 106 valence electrons. The molecule has 0 aliphatic rings. The first kappa shape index (κ1) is 15.4. The maximum absolute atomic E-state index is 13.6. The summed E-state index contributed by atoms with van der Waals surface area (Å²) in [5, 5.41) is 8.66. The van der Waals surface area contributed by atoms with Crippen molar-refractivity contribution in [3.05, 3.63) is 34.9 Å². The highest BCUT2D eigenvalue weighted by Gasteiger charge is 2.28. The molecule has 0 bridgehead atoms. The van der Waals surface area contributed by atoms with Crippen LogP contribution in [-0.2, 0) is 4.79 Å². The van der Waals surface area contributed by atoms with E-state index >= 15 is 0 Å². The van der Waals surface area contributed by atoms with Crippen LogP contribution in [0.5, 0.6) is 0 Å². The molecular weight excluding hydrogens is 266 g/mol. The van der Waals surface area contributed by atoms with Crippen LogP contribution in [-0.4, -0.2) is 17.1 Å². The van der Waals surface area contributed by atoms with Gasteiger partial charge in [0.25, 0.3) is 0 Å². The second kappa shape index (κ2) is 6.01. The van der Waals surface area contributed by atoms with Crippen LogP contribution >= 0.6 is 0 Å². The lowest BCUT2D eigenvalue weighted by Gasteiger charge is -2.19. The molecule has 1 aromatic rings. The Morgan fingerprint density at radius 3 is 2.11 bits per heavy atom. The predicted octanol–water partition coefficient (Wildman–Crippen LogP) is 2.54. The van der Waals surface area contributed by atoms with Gasteiger partial charge in [0.15, 0.2) is 23.3 Å². The fourth-order valence-electron chi connectivity index (χ4n) is 1.85. The number of hydrogen-bond donors (Lipinski definition) is 2. The van der Waals surface area contributed by atoms with Gasteiger partial charge in [-0.1, -0.05) is 6.92 Å². The van der Waals surface area contributed by atoms with E-state index < -0.39 is 46.8 Å². The van der Waals surface area contributed by atoms with E-state index in [2.05, 4.69) is 0 Å². The third-order valence-electron chi connectivity index (χ3n) is 2.90. The Morgan fingerprint density at radius 1 is 1.26 bits per heavy atom. The van der Waals surface area contributed by atoms with Gasteiger partial charge in [-0.05, 0) is 18.8 Å². The molecule has 3 N–H and O–H groups in total. The summed E-state index contributed by atoms with van der Waals surface area (Å²) in [6, 6.07) is -1.26. The summed E-state index contributed by atoms with van der Waals surface area (Å²) in [5.74, 6) is -8.42. The van der Waals surface area contributed by atoms with Crippen molar-refractivity contribution in [1.29, 1.82) is 0 Å². The fourth-order valence-corrected chi connectivity index (χ4v) is 1.85. The Hall–Kier alpha value is -1.63. The molecule has 0 radical (unpaired) electrons. The molecule has 19 heavy (non-hydrogen) atoms. The smallest absolute Gasteiger partial charge is 0.320 e. The van der Waals surface area contributed by atoms with E-state index in [1.54, 1.807) is 0 Å². The van der Waals surface area contributed by atoms with Gasteiger partial charge in [0, 0.05) is 11.6 Å². The third-order valence-corrected chi connectivity index (χ3v) is 2.90. The molecule has 2 unspecified atom stereocenters. The van der Waals surface area contributed by atoms with Crippen molar-refractivity contribution < 1.29 is 27.5 Å². The average molecular weight is 279 g/mol. The summed E-state index contributed by atoms with van der Waals surface area (Å²) in [5.41, 5.74) is 4.48. The van der Waals surface area contributed by atoms with Gasteiger partial charge in [-0.25, -0.2) is 17.6 Å². The van der Waals surface area contributed by atoms with Gasteiger partial charge in [0.05, 0.1) is 0 Å². The molecule has 0 saturated heterocycles. The number of rotatable bonds is 5. The number of carbonyl (C=O) groups is 1. The highest BCUT2D eigenvalue weighted by Crippen LogP contribution is 2.31. The van der Waals surface area contributed by atoms with Crippen LogP contribution in [0.3, 0.4) is 0 Å². The van der Waals surface area contributed by atoms with E-state index in [0.717, 1.165) is 0 Å². The third kappa shape index (κ3) is 3.23. The van der Waals surface area contributed by atoms with Gasteiger partial charge in [0.1, 0.15) is 6.04 Å². The van der Waals surface area contributed by atoms with Gasteiger partial charge in [0.2, 0.25) is 0 Å². The molecule has 0 aromatic heterocycles. The second-order valence-corrected chi connectivity index (χ2v) is 4.17. The maximum Gasteiger partial charge on any atom is 0.320 e. The Balaban J connectivity index is 3.22. The minimum atomic E-state index is -1.52. The normalized spacial score (nSPS) is 14.2. The lowest BCUT2D eigenvalue weighted by Crippen LogP contribution is -2.32. The Labute approximate surface area is 107 Å². The largest absolute Gasteiger partial charge is 0.480 e. The van der Waals surface area contributed by atoms with Crippen molar-refractivity contribution in [2.24, 2.45) is 5.73 Å². The lowest BCUT2D eigenvalue weighted by molar-refractivity contribution is -0.138. The minimum Gasteiger partial charge on any atom is -0.480 e. The maximum atomic E-state index is 13.6. The van der Waals surface area contributed by atoms with E-state index in [1.165, 1.54) is 6.92 Å². The van der Waals surface area contributed by atoms with E-state index in [9.17, 15) is 22.4 Å². The second-order valence-electron chi connectivity index (χ2n) is 4.17. The summed E-state index contributed by atoms with van der Waals surface area (Å²) in [6.45, 7) is 1.51. The number of benzene rings is 1. The molecule has 2 atom stereocenters. The fraction of sp³-hybridized carbons (Fsp3) is 0.417. The highest BCUT2D eigenvalue weighted by molar-refractivity contribution is 5.73. The van der Waals surface area contributed by atoms with E-state index in [1.807, 2.05) is 0 Å². The molecule has 1 aromatic carbocycles. The molecule has 0 aliphatic carbocycles. The summed E-state index contributed by atoms with van der Waals surface area (Å²) in [7, 11) is 0. The first-order valence-electron chi connectivity index (χ1n) is 5.60. The molecule has 0 amide bonds. The summed E-state index contributed by atoms with van der Waals surface area (Å²) >= 11 is 0. The molecule has 0 spiro atoms. The number of halogens is 4. The number of aliphatic carboxylic acids is 1. The van der Waals surface area contributed by atoms with Gasteiger partial charge < -0.3 is 10.8 Å². The van der Waals surface area contributed by atoms with Crippen LogP contribution in [0.2, 0.25) is 0 Å². The standard InChI is InChI=1S/C12H13F4NO2/c1-2-5(3-8(17)12(18)19)9-10(15)6(13)4-7(14)11(9)16/h4-5,8H,2-3,17H2,1H3,(H,18,19). The molecule has 0 saturated carbocycles. The summed E-state index contributed by atoms with van der Waals surface area (Å²) in [6.07, 6.45) is -0.222. The molecule has 7 heteroatoms. The van der Waals surface area contributed by atoms with Crippen LogP contribution in [0.25, 0.3) is 0 Å². The van der Waals surface area contributed by atoms with Crippen molar-refractivity contribution in [3.63, 3.8) is 0 Å². The zero-order valence-corrected chi connectivity index (χ0v) is 10.1. The van der Waals surface area contributed by atoms with Gasteiger partial charge in [-0.3, -0.25) is 4.79 Å². The van der Waals surface area contributed by atoms with E-state index in [0.29, 0.717) is 0 Å². The molecule has 0 fully saturated rings. The number of nitrogens with two attached hydrogens (primary N) is 1. The highest BCUT2D eigenvalue weighted by atomic mass is 19.2. The molecule has 1 rings (SSSR count). The number of carboxylic acid groups (broad SMARTS) is 1. The van der Waals surface area contributed by atoms with Crippen molar-refractivity contribution in [3.8, 4) is 0 Å².